The van der Waals surface area contributed by atoms with E-state index >= 15 is 0 Å². The van der Waals surface area contributed by atoms with E-state index in [0.717, 1.165) is 12.8 Å². The zero-order valence-corrected chi connectivity index (χ0v) is 11.0. The molecular formula is C13H25NO3. The quantitative estimate of drug-likeness (QED) is 0.580. The van der Waals surface area contributed by atoms with Gasteiger partial charge in [-0.25, -0.2) is 0 Å². The molecule has 0 aliphatic heterocycles. The molecule has 100 valence electrons. The summed E-state index contributed by atoms with van der Waals surface area (Å²) in [5.41, 5.74) is 0. The van der Waals surface area contributed by atoms with Crippen molar-refractivity contribution in [3.8, 4) is 0 Å². The average molecular weight is 243 g/mol. The van der Waals surface area contributed by atoms with Gasteiger partial charge >= 0.3 is 5.97 Å². The standard InChI is InChI=1S/C13H25NO3/c1-3-4-5-6-7-8-9-10-12(15)14-11(2)13(16)17/h11H,3-10H2,1-2H3,(H,14,15)(H,16,17)/t11-/m1/s1. The van der Waals surface area contributed by atoms with Crippen molar-refractivity contribution in [1.82, 2.24) is 5.32 Å². The number of unbranched alkanes of at least 4 members (excludes halogenated alkanes) is 6. The van der Waals surface area contributed by atoms with Gasteiger partial charge in [-0.15, -0.1) is 0 Å². The Morgan fingerprint density at radius 2 is 1.59 bits per heavy atom. The lowest BCUT2D eigenvalue weighted by atomic mass is 10.1. The topological polar surface area (TPSA) is 66.4 Å². The lowest BCUT2D eigenvalue weighted by Gasteiger charge is -2.08. The molecule has 0 fully saturated rings. The van der Waals surface area contributed by atoms with Crippen molar-refractivity contribution in [3.63, 3.8) is 0 Å². The molecule has 0 aliphatic carbocycles. The summed E-state index contributed by atoms with van der Waals surface area (Å²) in [5, 5.41) is 11.1. The number of hydrogen-bond donors (Lipinski definition) is 2. The summed E-state index contributed by atoms with van der Waals surface area (Å²) in [6, 6.07) is -0.785. The Labute approximate surface area is 104 Å². The van der Waals surface area contributed by atoms with Crippen LogP contribution in [0, 0.1) is 0 Å². The fourth-order valence-electron chi connectivity index (χ4n) is 1.62. The minimum Gasteiger partial charge on any atom is -0.480 e. The van der Waals surface area contributed by atoms with Crippen molar-refractivity contribution in [1.29, 1.82) is 0 Å². The molecule has 1 amide bonds. The fraction of sp³-hybridized carbons (Fsp3) is 0.846. The highest BCUT2D eigenvalue weighted by atomic mass is 16.4. The van der Waals surface area contributed by atoms with Crippen LogP contribution in [-0.4, -0.2) is 23.0 Å². The molecule has 0 unspecified atom stereocenters. The van der Waals surface area contributed by atoms with Crippen LogP contribution in [0.25, 0.3) is 0 Å². The number of nitrogens with one attached hydrogen (secondary N) is 1. The van der Waals surface area contributed by atoms with Gasteiger partial charge < -0.3 is 10.4 Å². The maximum atomic E-state index is 11.3. The van der Waals surface area contributed by atoms with Crippen molar-refractivity contribution in [2.75, 3.05) is 0 Å². The van der Waals surface area contributed by atoms with Crippen LogP contribution < -0.4 is 5.32 Å². The van der Waals surface area contributed by atoms with Crippen molar-refractivity contribution < 1.29 is 14.7 Å². The van der Waals surface area contributed by atoms with Crippen LogP contribution in [0.1, 0.15) is 65.2 Å². The van der Waals surface area contributed by atoms with E-state index in [4.69, 9.17) is 5.11 Å². The zero-order chi connectivity index (χ0) is 13.1. The Morgan fingerprint density at radius 3 is 2.12 bits per heavy atom. The van der Waals surface area contributed by atoms with E-state index in [1.165, 1.54) is 39.0 Å². The summed E-state index contributed by atoms with van der Waals surface area (Å²) in [6.07, 6.45) is 8.56. The molecule has 0 rings (SSSR count). The molecule has 2 N–H and O–H groups in total. The lowest BCUT2D eigenvalue weighted by Crippen LogP contribution is -2.38. The van der Waals surface area contributed by atoms with E-state index in [0.29, 0.717) is 6.42 Å². The monoisotopic (exact) mass is 243 g/mol. The number of aliphatic carboxylic acids is 1. The van der Waals surface area contributed by atoms with Gasteiger partial charge in [-0.2, -0.15) is 0 Å². The molecule has 17 heavy (non-hydrogen) atoms. The minimum atomic E-state index is -0.988. The highest BCUT2D eigenvalue weighted by Crippen LogP contribution is 2.08. The first-order chi connectivity index (χ1) is 8.07. The van der Waals surface area contributed by atoms with E-state index < -0.39 is 12.0 Å². The summed E-state index contributed by atoms with van der Waals surface area (Å²) >= 11 is 0. The van der Waals surface area contributed by atoms with Crippen molar-refractivity contribution >= 4 is 11.9 Å². The van der Waals surface area contributed by atoms with Crippen LogP contribution in [-0.2, 0) is 9.59 Å². The number of carboxylic acid groups (broad SMARTS) is 1. The molecule has 0 heterocycles. The number of amides is 1. The Kier molecular flexibility index (Phi) is 9.49. The predicted octanol–water partition coefficient (Wildman–Crippen LogP) is 2.72. The third kappa shape index (κ3) is 9.85. The van der Waals surface area contributed by atoms with Crippen molar-refractivity contribution in [3.05, 3.63) is 0 Å². The highest BCUT2D eigenvalue weighted by molar-refractivity contribution is 5.83. The molecule has 0 bridgehead atoms. The first-order valence-electron chi connectivity index (χ1n) is 6.60. The first kappa shape index (κ1) is 15.9. The summed E-state index contributed by atoms with van der Waals surface area (Å²) in [5.74, 6) is -1.15. The number of carboxylic acids is 1. The fourth-order valence-corrected chi connectivity index (χ4v) is 1.62. The Hall–Kier alpha value is -1.06. The smallest absolute Gasteiger partial charge is 0.325 e. The van der Waals surface area contributed by atoms with E-state index in [-0.39, 0.29) is 5.91 Å². The zero-order valence-electron chi connectivity index (χ0n) is 11.0. The van der Waals surface area contributed by atoms with E-state index in [9.17, 15) is 9.59 Å². The highest BCUT2D eigenvalue weighted by Gasteiger charge is 2.12. The molecule has 0 saturated carbocycles. The Balaban J connectivity index is 3.36. The van der Waals surface area contributed by atoms with Crippen LogP contribution >= 0.6 is 0 Å². The predicted molar refractivity (Wildman–Crippen MR) is 67.9 cm³/mol. The molecule has 0 aromatic heterocycles. The second kappa shape index (κ2) is 10.1. The summed E-state index contributed by atoms with van der Waals surface area (Å²) < 4.78 is 0. The molecule has 1 atom stereocenters. The van der Waals surface area contributed by atoms with Gasteiger partial charge in [0.15, 0.2) is 0 Å². The Bertz CT molecular complexity index is 229. The van der Waals surface area contributed by atoms with Crippen LogP contribution in [0.15, 0.2) is 0 Å². The van der Waals surface area contributed by atoms with Crippen molar-refractivity contribution in [2.24, 2.45) is 0 Å². The minimum absolute atomic E-state index is 0.159. The molecule has 4 heteroatoms. The van der Waals surface area contributed by atoms with Gasteiger partial charge in [-0.3, -0.25) is 9.59 Å². The average Bonchev–Trinajstić information content (AvgIpc) is 2.27. The largest absolute Gasteiger partial charge is 0.480 e. The second-order valence-corrected chi connectivity index (χ2v) is 4.50. The van der Waals surface area contributed by atoms with Crippen LogP contribution in [0.3, 0.4) is 0 Å². The van der Waals surface area contributed by atoms with E-state index in [1.807, 2.05) is 0 Å². The Morgan fingerprint density at radius 1 is 1.06 bits per heavy atom. The van der Waals surface area contributed by atoms with Crippen molar-refractivity contribution in [2.45, 2.75) is 71.3 Å². The molecule has 4 nitrogen and oxygen atoms in total. The normalized spacial score (nSPS) is 12.1. The second-order valence-electron chi connectivity index (χ2n) is 4.50. The maximum absolute atomic E-state index is 11.3. The molecule has 0 aromatic rings. The summed E-state index contributed by atoms with van der Waals surface area (Å²) in [6.45, 7) is 3.67. The van der Waals surface area contributed by atoms with Gasteiger partial charge in [0, 0.05) is 6.42 Å². The molecule has 0 radical (unpaired) electrons. The third-order valence-corrected chi connectivity index (χ3v) is 2.76. The van der Waals surface area contributed by atoms with Crippen LogP contribution in [0.2, 0.25) is 0 Å². The van der Waals surface area contributed by atoms with Gasteiger partial charge in [0.25, 0.3) is 0 Å². The molecule has 0 aromatic carbocycles. The molecule has 0 spiro atoms. The molecular weight excluding hydrogens is 218 g/mol. The van der Waals surface area contributed by atoms with Gasteiger partial charge in [-0.05, 0) is 13.3 Å². The number of carbonyl (C=O) groups is 2. The maximum Gasteiger partial charge on any atom is 0.325 e. The van der Waals surface area contributed by atoms with Gasteiger partial charge in [-0.1, -0.05) is 45.4 Å². The van der Waals surface area contributed by atoms with E-state index in [1.54, 1.807) is 0 Å². The third-order valence-electron chi connectivity index (χ3n) is 2.76. The summed E-state index contributed by atoms with van der Waals surface area (Å²) in [4.78, 5) is 21.8. The number of hydrogen-bond acceptors (Lipinski definition) is 2. The van der Waals surface area contributed by atoms with Crippen LogP contribution in [0.4, 0.5) is 0 Å². The molecule has 0 saturated heterocycles. The van der Waals surface area contributed by atoms with Crippen LogP contribution in [0.5, 0.6) is 0 Å². The van der Waals surface area contributed by atoms with Gasteiger partial charge in [0.1, 0.15) is 6.04 Å². The number of carbonyl (C=O) groups excluding carboxylic acids is 1. The van der Waals surface area contributed by atoms with E-state index in [2.05, 4.69) is 12.2 Å². The van der Waals surface area contributed by atoms with Gasteiger partial charge in [0.05, 0.1) is 0 Å². The molecule has 0 aliphatic rings. The number of rotatable bonds is 10. The first-order valence-corrected chi connectivity index (χ1v) is 6.60. The van der Waals surface area contributed by atoms with Gasteiger partial charge in [0.2, 0.25) is 5.91 Å². The summed E-state index contributed by atoms with van der Waals surface area (Å²) in [7, 11) is 0. The SMILES string of the molecule is CCCCCCCCCC(=O)N[C@H](C)C(=O)O. The lowest BCUT2D eigenvalue weighted by molar-refractivity contribution is -0.141.